The molecule has 5 rings (SSSR count). The summed E-state index contributed by atoms with van der Waals surface area (Å²) in [4.78, 5) is 18.1. The second kappa shape index (κ2) is 9.61. The van der Waals surface area contributed by atoms with Crippen LogP contribution in [0.2, 0.25) is 0 Å². The minimum Gasteiger partial charge on any atom is -0.497 e. The molecule has 1 unspecified atom stereocenters. The van der Waals surface area contributed by atoms with E-state index in [-0.39, 0.29) is 17.8 Å². The van der Waals surface area contributed by atoms with Crippen LogP contribution < -0.4 is 14.9 Å². The maximum atomic E-state index is 15.0. The van der Waals surface area contributed by atoms with Gasteiger partial charge in [-0.15, -0.1) is 11.3 Å². The summed E-state index contributed by atoms with van der Waals surface area (Å²) in [6.07, 6.45) is 0. The van der Waals surface area contributed by atoms with Crippen LogP contribution in [0, 0.1) is 0 Å². The summed E-state index contributed by atoms with van der Waals surface area (Å²) >= 11 is 1.39. The Morgan fingerprint density at radius 1 is 1.03 bits per heavy atom. The van der Waals surface area contributed by atoms with E-state index in [9.17, 15) is 9.36 Å². The van der Waals surface area contributed by atoms with Gasteiger partial charge in [0.1, 0.15) is 5.75 Å². The van der Waals surface area contributed by atoms with Crippen molar-refractivity contribution in [2.45, 2.75) is 6.92 Å². The minimum absolute atomic E-state index is 0.00994. The van der Waals surface area contributed by atoms with Crippen molar-refractivity contribution in [1.82, 2.24) is 4.90 Å². The number of anilines is 1. The SMILES string of the molecule is CCOP(=O)(F)c1cc2cc(C(=O)N3CCN(c4ccc(OC)cc4)CC3)sc2c2ccccc12. The van der Waals surface area contributed by atoms with Crippen LogP contribution in [0.3, 0.4) is 0 Å². The number of rotatable bonds is 6. The number of fused-ring (bicyclic) bond motifs is 3. The lowest BCUT2D eigenvalue weighted by Gasteiger charge is -2.36. The Bertz CT molecular complexity index is 1430. The van der Waals surface area contributed by atoms with Gasteiger partial charge in [0.15, 0.2) is 0 Å². The standard InChI is InChI=1S/C26H26FN2O4PS/c1-3-33-34(27,31)23-16-18-17-24(35-25(18)22-7-5-4-6-21(22)23)26(30)29-14-12-28(13-15-29)19-8-10-20(32-2)11-9-19/h4-11,16-17H,3,12-15H2,1-2H3. The number of thiophene rings is 1. The van der Waals surface area contributed by atoms with Crippen molar-refractivity contribution in [3.63, 3.8) is 0 Å². The Kier molecular flexibility index (Phi) is 6.53. The van der Waals surface area contributed by atoms with Crippen molar-refractivity contribution in [3.05, 3.63) is 65.5 Å². The number of hydrogen-bond acceptors (Lipinski definition) is 6. The normalized spacial score (nSPS) is 16.0. The van der Waals surface area contributed by atoms with E-state index in [1.807, 2.05) is 41.3 Å². The number of methoxy groups -OCH3 is 1. The van der Waals surface area contributed by atoms with Gasteiger partial charge in [-0.25, -0.2) is 4.57 Å². The summed E-state index contributed by atoms with van der Waals surface area (Å²) in [5.74, 6) is 0.771. The van der Waals surface area contributed by atoms with Crippen LogP contribution in [0.1, 0.15) is 16.6 Å². The zero-order valence-electron chi connectivity index (χ0n) is 19.6. The molecule has 1 saturated heterocycles. The van der Waals surface area contributed by atoms with Crippen molar-refractivity contribution in [3.8, 4) is 5.75 Å². The van der Waals surface area contributed by atoms with Crippen LogP contribution >= 0.6 is 19.0 Å². The fraction of sp³-hybridized carbons (Fsp3) is 0.269. The van der Waals surface area contributed by atoms with E-state index in [1.165, 1.54) is 11.3 Å². The number of nitrogens with zero attached hydrogens (tertiary/aromatic N) is 2. The Hall–Kier alpha value is -2.93. The minimum atomic E-state index is -4.48. The van der Waals surface area contributed by atoms with Gasteiger partial charge >= 0.3 is 7.68 Å². The first-order valence-corrected chi connectivity index (χ1v) is 13.8. The van der Waals surface area contributed by atoms with Crippen LogP contribution in [0.4, 0.5) is 9.88 Å². The molecule has 35 heavy (non-hydrogen) atoms. The third-order valence-corrected chi connectivity index (χ3v) is 9.01. The van der Waals surface area contributed by atoms with E-state index in [4.69, 9.17) is 9.26 Å². The van der Waals surface area contributed by atoms with Gasteiger partial charge in [0, 0.05) is 42.0 Å². The molecule has 0 N–H and O–H groups in total. The highest BCUT2D eigenvalue weighted by Crippen LogP contribution is 2.50. The number of piperazine rings is 1. The Morgan fingerprint density at radius 2 is 1.71 bits per heavy atom. The van der Waals surface area contributed by atoms with Gasteiger partial charge in [-0.3, -0.25) is 4.79 Å². The average Bonchev–Trinajstić information content (AvgIpc) is 3.33. The maximum Gasteiger partial charge on any atom is 0.398 e. The number of carbonyl (C=O) groups is 1. The molecule has 3 aromatic carbocycles. The molecule has 9 heteroatoms. The molecule has 1 aliphatic heterocycles. The van der Waals surface area contributed by atoms with Crippen LogP contribution in [0.15, 0.2) is 60.7 Å². The van der Waals surface area contributed by atoms with Crippen LogP contribution in [0.25, 0.3) is 20.9 Å². The molecular formula is C26H26FN2O4PS. The molecule has 6 nitrogen and oxygen atoms in total. The van der Waals surface area contributed by atoms with E-state index in [0.717, 1.165) is 34.6 Å². The largest absolute Gasteiger partial charge is 0.497 e. The Labute approximate surface area is 207 Å². The highest BCUT2D eigenvalue weighted by Gasteiger charge is 2.29. The third kappa shape index (κ3) is 4.54. The second-order valence-electron chi connectivity index (χ2n) is 8.34. The molecule has 0 saturated carbocycles. The lowest BCUT2D eigenvalue weighted by molar-refractivity contribution is 0.0751. The first kappa shape index (κ1) is 23.8. The molecule has 4 aromatic rings. The summed E-state index contributed by atoms with van der Waals surface area (Å²) in [7, 11) is -2.84. The monoisotopic (exact) mass is 512 g/mol. The zero-order chi connectivity index (χ0) is 24.6. The van der Waals surface area contributed by atoms with E-state index in [2.05, 4.69) is 4.90 Å². The predicted octanol–water partition coefficient (Wildman–Crippen LogP) is 5.85. The predicted molar refractivity (Wildman–Crippen MR) is 140 cm³/mol. The van der Waals surface area contributed by atoms with E-state index in [1.54, 1.807) is 38.3 Å². The molecule has 0 bridgehead atoms. The fourth-order valence-corrected chi connectivity index (χ4v) is 6.92. The number of ether oxygens (including phenoxy) is 1. The first-order valence-electron chi connectivity index (χ1n) is 11.5. The van der Waals surface area contributed by atoms with E-state index < -0.39 is 7.68 Å². The van der Waals surface area contributed by atoms with Crippen molar-refractivity contribution in [2.24, 2.45) is 0 Å². The molecule has 1 aromatic heterocycles. The number of carbonyl (C=O) groups excluding carboxylic acids is 1. The first-order chi connectivity index (χ1) is 16.9. The molecule has 0 radical (unpaired) electrons. The summed E-state index contributed by atoms with van der Waals surface area (Å²) < 4.78 is 38.8. The number of halogens is 1. The van der Waals surface area contributed by atoms with E-state index in [0.29, 0.717) is 28.7 Å². The average molecular weight is 513 g/mol. The van der Waals surface area contributed by atoms with E-state index >= 15 is 4.20 Å². The lowest BCUT2D eigenvalue weighted by Crippen LogP contribution is -2.48. The van der Waals surface area contributed by atoms with Crippen LogP contribution in [-0.2, 0) is 9.09 Å². The van der Waals surface area contributed by atoms with Crippen molar-refractivity contribution in [2.75, 3.05) is 44.8 Å². The maximum absolute atomic E-state index is 15.0. The smallest absolute Gasteiger partial charge is 0.398 e. The summed E-state index contributed by atoms with van der Waals surface area (Å²) in [5.41, 5.74) is 1.10. The van der Waals surface area contributed by atoms with Crippen molar-refractivity contribution in [1.29, 1.82) is 0 Å². The molecule has 0 spiro atoms. The summed E-state index contributed by atoms with van der Waals surface area (Å²) in [6.45, 7) is 4.30. The Balaban J connectivity index is 1.41. The van der Waals surface area contributed by atoms with Gasteiger partial charge in [0.25, 0.3) is 5.91 Å². The molecular weight excluding hydrogens is 486 g/mol. The Morgan fingerprint density at radius 3 is 2.37 bits per heavy atom. The second-order valence-corrected chi connectivity index (χ2v) is 11.1. The summed E-state index contributed by atoms with van der Waals surface area (Å²) in [6, 6.07) is 18.5. The van der Waals surface area contributed by atoms with Crippen molar-refractivity contribution >= 4 is 56.8 Å². The fourth-order valence-electron chi connectivity index (χ4n) is 4.53. The van der Waals surface area contributed by atoms with Gasteiger partial charge < -0.3 is 19.1 Å². The summed E-state index contributed by atoms with van der Waals surface area (Å²) in [5, 5.41) is 2.06. The van der Waals surface area contributed by atoms with Crippen LogP contribution in [-0.4, -0.2) is 50.7 Å². The van der Waals surface area contributed by atoms with Gasteiger partial charge in [0.2, 0.25) is 0 Å². The number of benzene rings is 3. The number of hydrogen-bond donors (Lipinski definition) is 0. The molecule has 1 amide bonds. The zero-order valence-corrected chi connectivity index (χ0v) is 21.3. The topological polar surface area (TPSA) is 59.1 Å². The third-order valence-electron chi connectivity index (χ3n) is 6.30. The molecule has 1 fully saturated rings. The molecule has 1 atom stereocenters. The molecule has 0 aliphatic carbocycles. The van der Waals surface area contributed by atoms with Gasteiger partial charge in [-0.2, -0.15) is 4.20 Å². The van der Waals surface area contributed by atoms with Gasteiger partial charge in [-0.1, -0.05) is 24.3 Å². The molecule has 182 valence electrons. The van der Waals surface area contributed by atoms with Crippen LogP contribution in [0.5, 0.6) is 5.75 Å². The lowest BCUT2D eigenvalue weighted by atomic mass is 10.1. The van der Waals surface area contributed by atoms with Gasteiger partial charge in [-0.05, 0) is 54.1 Å². The van der Waals surface area contributed by atoms with Gasteiger partial charge in [0.05, 0.1) is 23.9 Å². The van der Waals surface area contributed by atoms with Crippen molar-refractivity contribution < 1.29 is 22.8 Å². The highest BCUT2D eigenvalue weighted by atomic mass is 32.1. The molecule has 1 aliphatic rings. The highest BCUT2D eigenvalue weighted by molar-refractivity contribution is 7.62. The quantitative estimate of drug-likeness (QED) is 0.304. The molecule has 2 heterocycles. The number of amides is 1.